The summed E-state index contributed by atoms with van der Waals surface area (Å²) in [5.41, 5.74) is 3.23. The first kappa shape index (κ1) is 17.8. The summed E-state index contributed by atoms with van der Waals surface area (Å²) in [7, 11) is 0. The highest BCUT2D eigenvalue weighted by Gasteiger charge is 2.14. The second-order valence-corrected chi connectivity index (χ2v) is 5.36. The fraction of sp³-hybridized carbons (Fsp3) is 0.222. The molecule has 2 rings (SSSR count). The molecule has 0 unspecified atom stereocenters. The summed E-state index contributed by atoms with van der Waals surface area (Å²) < 4.78 is 11.0. The fourth-order valence-corrected chi connectivity index (χ4v) is 2.11. The normalized spacial score (nSPS) is 12.0. The second kappa shape index (κ2) is 8.93. The number of halogens is 1. The van der Waals surface area contributed by atoms with Crippen LogP contribution in [0.3, 0.4) is 0 Å². The molecule has 0 saturated carbocycles. The lowest BCUT2D eigenvalue weighted by Crippen LogP contribution is -2.33. The summed E-state index contributed by atoms with van der Waals surface area (Å²) in [5.74, 6) is 0.872. The molecule has 0 aliphatic heterocycles. The van der Waals surface area contributed by atoms with Crippen LogP contribution in [-0.2, 0) is 4.79 Å². The highest BCUT2D eigenvalue weighted by molar-refractivity contribution is 6.30. The molecule has 24 heavy (non-hydrogen) atoms. The number of hydrazone groups is 1. The molecule has 0 aromatic heterocycles. The van der Waals surface area contributed by atoms with Gasteiger partial charge in [0.1, 0.15) is 11.5 Å². The Hall–Kier alpha value is -2.53. The lowest BCUT2D eigenvalue weighted by Gasteiger charge is -2.13. The number of rotatable bonds is 7. The van der Waals surface area contributed by atoms with E-state index >= 15 is 0 Å². The van der Waals surface area contributed by atoms with E-state index in [9.17, 15) is 4.79 Å². The Bertz CT molecular complexity index is 719. The molecule has 5 nitrogen and oxygen atoms in total. The number of nitrogens with zero attached hydrogens (tertiary/aromatic N) is 1. The van der Waals surface area contributed by atoms with E-state index in [2.05, 4.69) is 10.5 Å². The van der Waals surface area contributed by atoms with Crippen LogP contribution in [0.25, 0.3) is 0 Å². The number of carbonyl (C=O) groups excluding carboxylic acids is 1. The molecular formula is C18H19ClN2O3. The Morgan fingerprint density at radius 3 is 2.83 bits per heavy atom. The van der Waals surface area contributed by atoms with Gasteiger partial charge in [0, 0.05) is 10.6 Å². The van der Waals surface area contributed by atoms with E-state index in [4.69, 9.17) is 21.1 Å². The largest absolute Gasteiger partial charge is 0.493 e. The van der Waals surface area contributed by atoms with Crippen LogP contribution in [0, 0.1) is 0 Å². The average Bonchev–Trinajstić information content (AvgIpc) is 2.56. The highest BCUT2D eigenvalue weighted by atomic mass is 35.5. The van der Waals surface area contributed by atoms with Crippen molar-refractivity contribution in [3.05, 3.63) is 59.1 Å². The molecule has 1 N–H and O–H groups in total. The van der Waals surface area contributed by atoms with Gasteiger partial charge in [-0.25, -0.2) is 5.43 Å². The number of para-hydroxylation sites is 1. The molecule has 0 heterocycles. The van der Waals surface area contributed by atoms with Crippen LogP contribution in [-0.4, -0.2) is 24.8 Å². The Kier molecular flexibility index (Phi) is 6.63. The molecule has 1 atom stereocenters. The minimum absolute atomic E-state index is 0.361. The first-order valence-corrected chi connectivity index (χ1v) is 7.95. The van der Waals surface area contributed by atoms with Crippen LogP contribution in [0.2, 0.25) is 5.02 Å². The topological polar surface area (TPSA) is 59.9 Å². The summed E-state index contributed by atoms with van der Waals surface area (Å²) in [4.78, 5) is 12.0. The van der Waals surface area contributed by atoms with Crippen molar-refractivity contribution in [3.8, 4) is 11.5 Å². The smallest absolute Gasteiger partial charge is 0.280 e. The predicted octanol–water partition coefficient (Wildman–Crippen LogP) is 3.66. The molecular weight excluding hydrogens is 328 g/mol. The average molecular weight is 347 g/mol. The molecule has 1 amide bonds. The van der Waals surface area contributed by atoms with E-state index in [1.165, 1.54) is 6.21 Å². The lowest BCUT2D eigenvalue weighted by atomic mass is 10.2. The van der Waals surface area contributed by atoms with Gasteiger partial charge in [0.05, 0.1) is 12.8 Å². The highest BCUT2D eigenvalue weighted by Crippen LogP contribution is 2.18. The zero-order valence-corrected chi connectivity index (χ0v) is 14.3. The van der Waals surface area contributed by atoms with Crippen molar-refractivity contribution < 1.29 is 14.3 Å². The number of nitrogens with one attached hydrogen (secondary N) is 1. The summed E-state index contributed by atoms with van der Waals surface area (Å²) in [6, 6.07) is 14.3. The summed E-state index contributed by atoms with van der Waals surface area (Å²) in [6.07, 6.45) is 0.831. The van der Waals surface area contributed by atoms with E-state index in [0.29, 0.717) is 23.1 Å². The molecule has 0 spiro atoms. The number of benzene rings is 2. The standard InChI is InChI=1S/C18H19ClN2O3/c1-3-23-17-10-5-4-7-14(17)12-20-21-18(22)13(2)24-16-9-6-8-15(19)11-16/h4-13H,3H2,1-2H3,(H,21,22)/t13-/m0/s1. The van der Waals surface area contributed by atoms with Gasteiger partial charge in [0.2, 0.25) is 0 Å². The Morgan fingerprint density at radius 2 is 2.08 bits per heavy atom. The number of carbonyl (C=O) groups is 1. The number of amides is 1. The van der Waals surface area contributed by atoms with Crippen molar-refractivity contribution in [2.75, 3.05) is 6.61 Å². The van der Waals surface area contributed by atoms with Crippen molar-refractivity contribution in [2.45, 2.75) is 20.0 Å². The van der Waals surface area contributed by atoms with Crippen LogP contribution in [0.4, 0.5) is 0 Å². The quantitative estimate of drug-likeness (QED) is 0.615. The van der Waals surface area contributed by atoms with E-state index in [0.717, 1.165) is 5.56 Å². The molecule has 0 radical (unpaired) electrons. The van der Waals surface area contributed by atoms with Gasteiger partial charge in [-0.1, -0.05) is 29.8 Å². The molecule has 0 aliphatic carbocycles. The number of ether oxygens (including phenoxy) is 2. The van der Waals surface area contributed by atoms with Gasteiger partial charge in [-0.3, -0.25) is 4.79 Å². The minimum Gasteiger partial charge on any atom is -0.493 e. The van der Waals surface area contributed by atoms with Gasteiger partial charge in [-0.05, 0) is 44.2 Å². The molecule has 0 saturated heterocycles. The van der Waals surface area contributed by atoms with E-state index in [1.807, 2.05) is 31.2 Å². The minimum atomic E-state index is -0.706. The maximum atomic E-state index is 12.0. The van der Waals surface area contributed by atoms with Gasteiger partial charge >= 0.3 is 0 Å². The first-order valence-electron chi connectivity index (χ1n) is 7.57. The van der Waals surface area contributed by atoms with Crippen LogP contribution < -0.4 is 14.9 Å². The van der Waals surface area contributed by atoms with Gasteiger partial charge in [0.15, 0.2) is 6.10 Å². The molecule has 0 bridgehead atoms. The summed E-state index contributed by atoms with van der Waals surface area (Å²) in [5, 5.41) is 4.50. The van der Waals surface area contributed by atoms with Gasteiger partial charge in [-0.2, -0.15) is 5.10 Å². The van der Waals surface area contributed by atoms with E-state index in [-0.39, 0.29) is 5.91 Å². The molecule has 0 aliphatic rings. The first-order chi connectivity index (χ1) is 11.6. The molecule has 126 valence electrons. The van der Waals surface area contributed by atoms with Crippen LogP contribution in [0.15, 0.2) is 53.6 Å². The van der Waals surface area contributed by atoms with Crippen LogP contribution >= 0.6 is 11.6 Å². The van der Waals surface area contributed by atoms with Crippen molar-refractivity contribution in [1.29, 1.82) is 0 Å². The zero-order chi connectivity index (χ0) is 17.4. The maximum Gasteiger partial charge on any atom is 0.280 e. The Labute approximate surface area is 146 Å². The summed E-state index contributed by atoms with van der Waals surface area (Å²) in [6.45, 7) is 4.10. The molecule has 6 heteroatoms. The van der Waals surface area contributed by atoms with Crippen LogP contribution in [0.5, 0.6) is 11.5 Å². The third-order valence-corrected chi connectivity index (χ3v) is 3.31. The molecule has 2 aromatic carbocycles. The van der Waals surface area contributed by atoms with Gasteiger partial charge < -0.3 is 9.47 Å². The molecule has 2 aromatic rings. The monoisotopic (exact) mass is 346 g/mol. The number of hydrogen-bond acceptors (Lipinski definition) is 4. The fourth-order valence-electron chi connectivity index (χ4n) is 1.93. The van der Waals surface area contributed by atoms with Crippen LogP contribution in [0.1, 0.15) is 19.4 Å². The van der Waals surface area contributed by atoms with Crippen molar-refractivity contribution in [2.24, 2.45) is 5.10 Å². The van der Waals surface area contributed by atoms with Crippen molar-refractivity contribution >= 4 is 23.7 Å². The van der Waals surface area contributed by atoms with Crippen molar-refractivity contribution in [1.82, 2.24) is 5.43 Å². The molecule has 0 fully saturated rings. The van der Waals surface area contributed by atoms with E-state index in [1.54, 1.807) is 31.2 Å². The third kappa shape index (κ3) is 5.28. The Morgan fingerprint density at radius 1 is 1.29 bits per heavy atom. The van der Waals surface area contributed by atoms with Gasteiger partial charge in [-0.15, -0.1) is 0 Å². The predicted molar refractivity (Wildman–Crippen MR) is 94.9 cm³/mol. The Balaban J connectivity index is 1.92. The zero-order valence-electron chi connectivity index (χ0n) is 13.5. The van der Waals surface area contributed by atoms with Gasteiger partial charge in [0.25, 0.3) is 5.91 Å². The third-order valence-electron chi connectivity index (χ3n) is 3.08. The lowest BCUT2D eigenvalue weighted by molar-refractivity contribution is -0.127. The van der Waals surface area contributed by atoms with Crippen molar-refractivity contribution in [3.63, 3.8) is 0 Å². The second-order valence-electron chi connectivity index (χ2n) is 4.92. The number of hydrogen-bond donors (Lipinski definition) is 1. The summed E-state index contributed by atoms with van der Waals surface area (Å²) >= 11 is 5.88. The SMILES string of the molecule is CCOc1ccccc1C=NNC(=O)[C@H](C)Oc1cccc(Cl)c1. The van der Waals surface area contributed by atoms with E-state index < -0.39 is 6.10 Å². The maximum absolute atomic E-state index is 12.0.